The first kappa shape index (κ1) is 23.0. The van der Waals surface area contributed by atoms with Gasteiger partial charge in [0.1, 0.15) is 55.6 Å². The molecule has 174 valence electrons. The molecule has 0 aliphatic carbocycles. The Kier molecular flexibility index (Phi) is 7.52. The molecule has 5 N–H and O–H groups in total. The summed E-state index contributed by atoms with van der Waals surface area (Å²) >= 11 is 0. The van der Waals surface area contributed by atoms with E-state index in [0.29, 0.717) is 0 Å². The zero-order valence-electron chi connectivity index (χ0n) is 16.7. The van der Waals surface area contributed by atoms with Crippen LogP contribution in [0.4, 0.5) is 0 Å². The van der Waals surface area contributed by atoms with E-state index in [1.807, 2.05) is 30.3 Å². The third-order valence-electron chi connectivity index (χ3n) is 5.66. The molecule has 0 bridgehead atoms. The molecule has 3 saturated heterocycles. The molecule has 0 amide bonds. The number of aliphatic hydroxyl groups excluding tert-OH is 5. The lowest BCUT2D eigenvalue weighted by Crippen LogP contribution is -2.60. The Balaban J connectivity index is 1.46. The van der Waals surface area contributed by atoms with Crippen molar-refractivity contribution in [1.29, 1.82) is 0 Å². The van der Waals surface area contributed by atoms with E-state index in [0.717, 1.165) is 5.56 Å². The van der Waals surface area contributed by atoms with E-state index in [1.54, 1.807) is 0 Å². The van der Waals surface area contributed by atoms with Gasteiger partial charge in [0.15, 0.2) is 12.6 Å². The summed E-state index contributed by atoms with van der Waals surface area (Å²) in [6, 6.07) is 9.15. The molecule has 3 heterocycles. The minimum absolute atomic E-state index is 0.0974. The number of benzene rings is 1. The van der Waals surface area contributed by atoms with Gasteiger partial charge in [-0.25, -0.2) is 0 Å². The van der Waals surface area contributed by atoms with Gasteiger partial charge in [0, 0.05) is 5.56 Å². The Bertz CT molecular complexity index is 683. The summed E-state index contributed by atoms with van der Waals surface area (Å²) in [7, 11) is 0. The molecule has 3 fully saturated rings. The maximum atomic E-state index is 10.8. The molecule has 0 saturated carbocycles. The number of aliphatic hydroxyl groups is 5. The average molecular weight is 444 g/mol. The van der Waals surface area contributed by atoms with Crippen LogP contribution in [-0.2, 0) is 28.4 Å². The number of hydrogen-bond acceptors (Lipinski definition) is 11. The average Bonchev–Trinajstić information content (AvgIpc) is 3.33. The monoisotopic (exact) mass is 444 g/mol. The third-order valence-corrected chi connectivity index (χ3v) is 5.66. The van der Waals surface area contributed by atoms with E-state index >= 15 is 0 Å². The van der Waals surface area contributed by atoms with Crippen LogP contribution in [0, 0.1) is 0 Å². The summed E-state index contributed by atoms with van der Waals surface area (Å²) in [5.74, 6) is 0. The quantitative estimate of drug-likeness (QED) is 0.331. The van der Waals surface area contributed by atoms with Crippen LogP contribution < -0.4 is 0 Å². The van der Waals surface area contributed by atoms with Gasteiger partial charge in [0.25, 0.3) is 0 Å². The van der Waals surface area contributed by atoms with Crippen LogP contribution in [0.5, 0.6) is 0 Å². The molecule has 31 heavy (non-hydrogen) atoms. The molecule has 3 aliphatic heterocycles. The Hall–Kier alpha value is -1.22. The smallest absolute Gasteiger partial charge is 0.186 e. The van der Waals surface area contributed by atoms with Crippen molar-refractivity contribution in [3.05, 3.63) is 35.9 Å². The lowest BCUT2D eigenvalue weighted by molar-refractivity contribution is -0.335. The highest BCUT2D eigenvalue weighted by Gasteiger charge is 2.47. The summed E-state index contributed by atoms with van der Waals surface area (Å²) < 4.78 is 33.5. The molecular formula is C20H28O11. The van der Waals surface area contributed by atoms with Crippen LogP contribution in [0.2, 0.25) is 0 Å². The Labute approximate surface area is 178 Å². The first-order valence-electron chi connectivity index (χ1n) is 10.1. The molecule has 0 spiro atoms. The van der Waals surface area contributed by atoms with E-state index in [-0.39, 0.29) is 20.0 Å². The zero-order chi connectivity index (χ0) is 22.0. The number of ether oxygens (including phenoxy) is 6. The summed E-state index contributed by atoms with van der Waals surface area (Å²) in [5, 5.41) is 50.2. The van der Waals surface area contributed by atoms with E-state index in [9.17, 15) is 25.5 Å². The van der Waals surface area contributed by atoms with E-state index in [2.05, 4.69) is 0 Å². The summed E-state index contributed by atoms with van der Waals surface area (Å²) in [5.41, 5.74) is 0.733. The van der Waals surface area contributed by atoms with Gasteiger partial charge in [-0.05, 0) is 0 Å². The van der Waals surface area contributed by atoms with Crippen molar-refractivity contribution in [3.8, 4) is 0 Å². The molecule has 10 atom stereocenters. The molecule has 11 nitrogen and oxygen atoms in total. The Morgan fingerprint density at radius 3 is 2.32 bits per heavy atom. The molecule has 0 radical (unpaired) electrons. The first-order valence-corrected chi connectivity index (χ1v) is 10.1. The third kappa shape index (κ3) is 4.92. The standard InChI is InChI=1S/C20H28O11/c21-6-11-14(22)16(24)17(25)20(29-11)27-8-12-15(23)18(13-7-26-9-28-13)31-19(30-12)10-4-2-1-3-5-10/h1-5,11-25H,6-9H2/t11-,12+,13-,14-,15-,16+,17-,18-,19?,20-/m1/s1. The van der Waals surface area contributed by atoms with Crippen LogP contribution in [-0.4, -0.2) is 107 Å². The van der Waals surface area contributed by atoms with E-state index < -0.39 is 68.0 Å². The van der Waals surface area contributed by atoms with E-state index in [1.165, 1.54) is 0 Å². The van der Waals surface area contributed by atoms with Gasteiger partial charge < -0.3 is 54.0 Å². The van der Waals surface area contributed by atoms with Crippen LogP contribution >= 0.6 is 0 Å². The number of rotatable bonds is 6. The minimum Gasteiger partial charge on any atom is -0.394 e. The van der Waals surface area contributed by atoms with Crippen molar-refractivity contribution in [2.75, 3.05) is 26.6 Å². The highest BCUT2D eigenvalue weighted by Crippen LogP contribution is 2.34. The maximum Gasteiger partial charge on any atom is 0.186 e. The van der Waals surface area contributed by atoms with Gasteiger partial charge in [0.05, 0.1) is 19.8 Å². The predicted octanol–water partition coefficient (Wildman–Crippen LogP) is -1.98. The lowest BCUT2D eigenvalue weighted by atomic mass is 9.99. The maximum absolute atomic E-state index is 10.8. The zero-order valence-corrected chi connectivity index (χ0v) is 16.7. The molecule has 1 aromatic rings. The number of hydrogen-bond donors (Lipinski definition) is 5. The predicted molar refractivity (Wildman–Crippen MR) is 100 cm³/mol. The highest BCUT2D eigenvalue weighted by atomic mass is 16.8. The van der Waals surface area contributed by atoms with E-state index in [4.69, 9.17) is 28.4 Å². The highest BCUT2D eigenvalue weighted by molar-refractivity contribution is 5.16. The topological polar surface area (TPSA) is 157 Å². The fraction of sp³-hybridized carbons (Fsp3) is 0.700. The first-order chi connectivity index (χ1) is 15.0. The molecule has 0 aromatic heterocycles. The van der Waals surface area contributed by atoms with Gasteiger partial charge in [0.2, 0.25) is 0 Å². The second-order valence-electron chi connectivity index (χ2n) is 7.73. The summed E-state index contributed by atoms with van der Waals surface area (Å²) in [6.07, 6.45) is -11.1. The minimum atomic E-state index is -1.56. The fourth-order valence-electron chi connectivity index (χ4n) is 3.85. The largest absolute Gasteiger partial charge is 0.394 e. The van der Waals surface area contributed by atoms with Gasteiger partial charge in [-0.15, -0.1) is 0 Å². The fourth-order valence-corrected chi connectivity index (χ4v) is 3.85. The van der Waals surface area contributed by atoms with Crippen LogP contribution in [0.1, 0.15) is 11.9 Å². The van der Waals surface area contributed by atoms with Crippen LogP contribution in [0.25, 0.3) is 0 Å². The SMILES string of the molecule is OC[C@H]1O[C@@H](OC[C@@H]2OC(c3ccccc3)O[C@H]([C@H]3COCO3)[C@@H]2O)[C@H](O)[C@@H](O)[C@@H]1O. The normalized spacial score (nSPS) is 43.8. The second-order valence-corrected chi connectivity index (χ2v) is 7.73. The molecular weight excluding hydrogens is 416 g/mol. The molecule has 4 rings (SSSR count). The summed E-state index contributed by atoms with van der Waals surface area (Å²) in [6.45, 7) is -0.442. The van der Waals surface area contributed by atoms with Gasteiger partial charge in [-0.1, -0.05) is 30.3 Å². The van der Waals surface area contributed by atoms with Crippen molar-refractivity contribution >= 4 is 0 Å². The van der Waals surface area contributed by atoms with Crippen molar-refractivity contribution in [2.45, 2.75) is 61.4 Å². The summed E-state index contributed by atoms with van der Waals surface area (Å²) in [4.78, 5) is 0. The molecule has 3 aliphatic rings. The molecule has 1 aromatic carbocycles. The van der Waals surface area contributed by atoms with Crippen molar-refractivity contribution in [3.63, 3.8) is 0 Å². The van der Waals surface area contributed by atoms with Crippen molar-refractivity contribution < 1.29 is 54.0 Å². The second kappa shape index (κ2) is 10.1. The molecule has 1 unspecified atom stereocenters. The lowest BCUT2D eigenvalue weighted by Gasteiger charge is -2.43. The Morgan fingerprint density at radius 2 is 1.65 bits per heavy atom. The Morgan fingerprint density at radius 1 is 0.871 bits per heavy atom. The van der Waals surface area contributed by atoms with Crippen LogP contribution in [0.15, 0.2) is 30.3 Å². The molecule has 11 heteroatoms. The van der Waals surface area contributed by atoms with Crippen molar-refractivity contribution in [1.82, 2.24) is 0 Å². The van der Waals surface area contributed by atoms with Crippen molar-refractivity contribution in [2.24, 2.45) is 0 Å². The van der Waals surface area contributed by atoms with Gasteiger partial charge in [-0.2, -0.15) is 0 Å². The van der Waals surface area contributed by atoms with Gasteiger partial charge >= 0.3 is 0 Å². The van der Waals surface area contributed by atoms with Crippen LogP contribution in [0.3, 0.4) is 0 Å². The van der Waals surface area contributed by atoms with Gasteiger partial charge in [-0.3, -0.25) is 0 Å².